The zero-order valence-electron chi connectivity index (χ0n) is 55.4. The summed E-state index contributed by atoms with van der Waals surface area (Å²) in [5.41, 5.74) is 0.722. The number of unbranched alkanes of at least 4 members (excludes halogenated alkanes) is 1. The summed E-state index contributed by atoms with van der Waals surface area (Å²) in [6, 6.07) is 22.4. The van der Waals surface area contributed by atoms with Crippen LogP contribution in [0.4, 0.5) is 9.59 Å². The molecule has 0 spiro atoms. The molecule has 2 amide bonds. The fourth-order valence-electron chi connectivity index (χ4n) is 4.71. The molecule has 0 aromatic heterocycles. The van der Waals surface area contributed by atoms with Crippen LogP contribution in [0.1, 0.15) is 169 Å². The minimum Gasteiger partial charge on any atom is -0.488 e. The zero-order valence-corrected chi connectivity index (χ0v) is 60.7. The smallest absolute Gasteiger partial charge is 0.488 e. The van der Waals surface area contributed by atoms with Gasteiger partial charge in [0.15, 0.2) is 0 Å². The van der Waals surface area contributed by atoms with Crippen LogP contribution in [0.3, 0.4) is 0 Å². The number of amides is 2. The zero-order chi connectivity index (χ0) is 66.0. The van der Waals surface area contributed by atoms with Crippen LogP contribution in [0.2, 0.25) is 0 Å². The van der Waals surface area contributed by atoms with Gasteiger partial charge < -0.3 is 66.5 Å². The number of nitrogens with one attached hydrogen (secondary N) is 2. The number of carbonyl (C=O) groups is 3. The van der Waals surface area contributed by atoms with Gasteiger partial charge in [0, 0.05) is 24.5 Å². The van der Waals surface area contributed by atoms with Crippen LogP contribution < -0.4 is 43.7 Å². The summed E-state index contributed by atoms with van der Waals surface area (Å²) >= 11 is 8.71. The van der Waals surface area contributed by atoms with Crippen LogP contribution in [-0.2, 0) is 20.7 Å². The fraction of sp³-hybridized carbons (Fsp3) is 0.582. The van der Waals surface area contributed by atoms with Gasteiger partial charge >= 0.3 is 31.0 Å². The van der Waals surface area contributed by atoms with E-state index in [1.54, 1.807) is 40.7 Å². The van der Waals surface area contributed by atoms with Crippen LogP contribution in [0, 0.1) is 58.4 Å². The molecule has 3 aromatic rings. The molecule has 0 unspecified atom stereocenters. The number of benzene rings is 3. The molecule has 3 aromatic carbocycles. The second-order valence-corrected chi connectivity index (χ2v) is 26.4. The Morgan fingerprint density at radius 1 is 0.659 bits per heavy atom. The monoisotopic (exact) mass is 1420 g/mol. The second kappa shape index (κ2) is 56.7. The third-order valence-electron chi connectivity index (χ3n) is 9.00. The van der Waals surface area contributed by atoms with Crippen molar-refractivity contribution in [3.8, 4) is 41.4 Å². The molecule has 5 atom stereocenters. The van der Waals surface area contributed by atoms with E-state index in [9.17, 15) is 14.4 Å². The Hall–Kier alpha value is -3.74. The van der Waals surface area contributed by atoms with Gasteiger partial charge in [0.2, 0.25) is 0 Å². The molecule has 0 fully saturated rings. The molecule has 3 rings (SSSR count). The number of hydrogen-bond acceptors (Lipinski definition) is 12. The number of para-hydroxylation sites is 3. The Morgan fingerprint density at radius 2 is 1.04 bits per heavy atom. The number of aldehydes is 1. The first-order chi connectivity index (χ1) is 39.0. The number of carbonyl (C=O) groups excluding carboxylic acids is 3. The molecule has 0 bridgehead atoms. The molecular formula is C67H108Br2ILiN2O12. The van der Waals surface area contributed by atoms with Crippen molar-refractivity contribution in [1.29, 1.82) is 0 Å². The maximum Gasteiger partial charge on any atom is 1.00 e. The van der Waals surface area contributed by atoms with Crippen molar-refractivity contribution in [3.05, 3.63) is 104 Å². The number of terminal acetylenes is 1. The van der Waals surface area contributed by atoms with Gasteiger partial charge in [-0.2, -0.15) is 6.42 Å². The van der Waals surface area contributed by atoms with Gasteiger partial charge in [0.25, 0.3) is 0 Å². The topological polar surface area (TPSA) is 202 Å². The fourth-order valence-corrected chi connectivity index (χ4v) is 6.28. The predicted octanol–water partition coefficient (Wildman–Crippen LogP) is 12.7. The van der Waals surface area contributed by atoms with Crippen molar-refractivity contribution in [2.45, 2.75) is 206 Å². The second-order valence-electron chi connectivity index (χ2n) is 22.4. The summed E-state index contributed by atoms with van der Waals surface area (Å²) in [6.07, 6.45) is 10.1. The minimum atomic E-state index is -0.544. The molecule has 85 heavy (non-hydrogen) atoms. The SMILES string of the molecule is C#CC(C)C.CC(C)C=C(Br)Br.CC(C)C=O.CC(C)CO.C[C@H](CO)Oc1ccccc1C#C[C@H](C)NC(=O)OC(C)(C)C.C[C@H](CO)Oc1ccccc1CC[C@H](C)NC(=O)OC(C)(C)C.C[C@H](CO)Oc1ccccc1I.[CH2-]CCC.[Li+]. The number of alkyl carbamates (subject to hydrolysis) is 2. The molecule has 0 aliphatic rings. The molecule has 18 heteroatoms. The molecule has 480 valence electrons. The molecule has 0 radical (unpaired) electrons. The molecule has 0 heterocycles. The molecule has 14 nitrogen and oxygen atoms in total. The van der Waals surface area contributed by atoms with Gasteiger partial charge in [-0.05, 0) is 191 Å². The average molecular weight is 1430 g/mol. The number of aryl methyl sites for hydroxylation is 1. The number of rotatable bonds is 18. The Morgan fingerprint density at radius 3 is 1.39 bits per heavy atom. The average Bonchev–Trinajstić information content (AvgIpc) is 3.40. The van der Waals surface area contributed by atoms with Crippen molar-refractivity contribution in [3.63, 3.8) is 0 Å². The van der Waals surface area contributed by atoms with Gasteiger partial charge in [-0.3, -0.25) is 0 Å². The van der Waals surface area contributed by atoms with E-state index in [2.05, 4.69) is 117 Å². The molecule has 6 N–H and O–H groups in total. The number of aliphatic hydroxyl groups excluding tert-OH is 4. The van der Waals surface area contributed by atoms with Gasteiger partial charge in [-0.25, -0.2) is 9.59 Å². The Kier molecular flexibility index (Phi) is 61.7. The van der Waals surface area contributed by atoms with E-state index >= 15 is 0 Å². The summed E-state index contributed by atoms with van der Waals surface area (Å²) < 4.78 is 29.3. The van der Waals surface area contributed by atoms with E-state index in [-0.39, 0.29) is 75.0 Å². The van der Waals surface area contributed by atoms with E-state index in [0.717, 1.165) is 49.6 Å². The molecule has 0 saturated heterocycles. The van der Waals surface area contributed by atoms with Crippen molar-refractivity contribution < 1.29 is 77.4 Å². The minimum absolute atomic E-state index is 0. The summed E-state index contributed by atoms with van der Waals surface area (Å²) in [6.45, 7) is 42.0. The number of hydrogen-bond donors (Lipinski definition) is 6. The quantitative estimate of drug-likeness (QED) is 0.0232. The molecule has 0 aliphatic carbocycles. The van der Waals surface area contributed by atoms with Crippen molar-refractivity contribution in [2.24, 2.45) is 23.7 Å². The summed E-state index contributed by atoms with van der Waals surface area (Å²) in [5, 5.41) is 40.6. The Balaban J connectivity index is -0.000000231. The number of allylic oxidation sites excluding steroid dienone is 1. The van der Waals surface area contributed by atoms with E-state index in [1.807, 2.05) is 150 Å². The maximum atomic E-state index is 11.7. The largest absolute Gasteiger partial charge is 1.00 e. The first kappa shape index (κ1) is 92.4. The number of aliphatic hydroxyl groups is 4. The van der Waals surface area contributed by atoms with Crippen molar-refractivity contribution in [2.75, 3.05) is 26.4 Å². The van der Waals surface area contributed by atoms with E-state index < -0.39 is 23.4 Å². The van der Waals surface area contributed by atoms with Gasteiger partial charge in [-0.15, -0.1) is 12.3 Å². The van der Waals surface area contributed by atoms with Gasteiger partial charge in [0.05, 0.1) is 38.4 Å². The summed E-state index contributed by atoms with van der Waals surface area (Å²) in [5.74, 6) is 12.3. The van der Waals surface area contributed by atoms with Crippen LogP contribution in [0.25, 0.3) is 0 Å². The summed E-state index contributed by atoms with van der Waals surface area (Å²) in [7, 11) is 0. The van der Waals surface area contributed by atoms with E-state index in [4.69, 9.17) is 50.5 Å². The molecule has 0 saturated carbocycles. The van der Waals surface area contributed by atoms with E-state index in [0.29, 0.717) is 35.7 Å². The number of halogens is 3. The van der Waals surface area contributed by atoms with Crippen LogP contribution in [0.5, 0.6) is 17.2 Å². The third kappa shape index (κ3) is 66.1. The Labute approximate surface area is 557 Å². The molecule has 0 aliphatic heterocycles. The van der Waals surface area contributed by atoms with Gasteiger partial charge in [0.1, 0.15) is 53.0 Å². The summed E-state index contributed by atoms with van der Waals surface area (Å²) in [4.78, 5) is 32.9. The van der Waals surface area contributed by atoms with Gasteiger partial charge in [-0.1, -0.05) is 129 Å². The van der Waals surface area contributed by atoms with Crippen LogP contribution >= 0.6 is 54.5 Å². The normalized spacial score (nSPS) is 11.8. The first-order valence-electron chi connectivity index (χ1n) is 28.6. The Bertz CT molecular complexity index is 2270. The van der Waals surface area contributed by atoms with Crippen molar-refractivity contribution in [1.82, 2.24) is 10.6 Å². The van der Waals surface area contributed by atoms with Crippen LogP contribution in [-0.4, -0.2) is 107 Å². The number of ether oxygens (including phenoxy) is 5. The van der Waals surface area contributed by atoms with E-state index in [1.165, 1.54) is 6.42 Å². The maximum absolute atomic E-state index is 11.7. The predicted molar refractivity (Wildman–Crippen MR) is 364 cm³/mol. The van der Waals surface area contributed by atoms with Crippen molar-refractivity contribution >= 4 is 72.9 Å². The third-order valence-corrected chi connectivity index (χ3v) is 10.4. The first-order valence-corrected chi connectivity index (χ1v) is 31.3. The standard InChI is InChI=1S/C18H29NO4.C18H25NO4.C9H11IO2.C5H8Br2.C5H8.C4H10O.C4H8O.C4H9.Li/c2*1-13(19-17(21)23-18(3,4)5)10-11-15-8-6-7-9-16(15)22-14(2)12-20;1-7(6-11)12-9-5-3-2-4-8(9)10;1-4(2)3-5(6)7;1-4-5(2)3;2*1-4(2)3-5;1-3-4-2;/h6-9,13-14,20H,10-12H2,1-5H3,(H,19,21);6-9,13-14,20H,12H2,1-5H3,(H,19,21);2-5,7,11H,6H2,1H3;3-4H,1-2H3;1,5H,2-3H3;4-5H,3H2,1-2H3;3-4H,1-2H3;1,3-4H2,2H3;/q;;;;;;;-1;+1/t2*13-,14+;7-;;;;;;/m001....../s1. The van der Waals surface area contributed by atoms with Crippen LogP contribution in [0.15, 0.2) is 82.3 Å². The molecular weight excluding hydrogens is 1320 g/mol.